The molecule has 0 aromatic heterocycles. The molecule has 0 saturated carbocycles. The molecule has 0 unspecified atom stereocenters. The van der Waals surface area contributed by atoms with E-state index >= 15 is 0 Å². The Kier molecular flexibility index (Phi) is 8.44. The lowest BCUT2D eigenvalue weighted by Crippen LogP contribution is -2.47. The first kappa shape index (κ1) is 22.1. The lowest BCUT2D eigenvalue weighted by molar-refractivity contribution is -0.151. The van der Waals surface area contributed by atoms with Gasteiger partial charge in [-0.05, 0) is 38.3 Å². The first-order valence-corrected chi connectivity index (χ1v) is 8.75. The fraction of sp³-hybridized carbons (Fsp3) is 0.474. The smallest absolute Gasteiger partial charge is 0.329 e. The zero-order chi connectivity index (χ0) is 20.6. The Morgan fingerprint density at radius 3 is 2.19 bits per heavy atom. The number of urea groups is 1. The molecular formula is C19H27N3O5. The van der Waals surface area contributed by atoms with Crippen LogP contribution in [0.4, 0.5) is 4.79 Å². The van der Waals surface area contributed by atoms with Gasteiger partial charge in [0.15, 0.2) is 6.61 Å². The Bertz CT molecular complexity index is 700. The van der Waals surface area contributed by atoms with Crippen LogP contribution in [0.2, 0.25) is 0 Å². The van der Waals surface area contributed by atoms with Gasteiger partial charge in [0.2, 0.25) is 0 Å². The highest BCUT2D eigenvalue weighted by molar-refractivity contribution is 5.98. The molecule has 8 heteroatoms. The quantitative estimate of drug-likeness (QED) is 0.624. The topological polar surface area (TPSA) is 114 Å². The summed E-state index contributed by atoms with van der Waals surface area (Å²) in [4.78, 5) is 47.8. The summed E-state index contributed by atoms with van der Waals surface area (Å²) in [6.07, 6.45) is 0. The predicted molar refractivity (Wildman–Crippen MR) is 100 cm³/mol. The van der Waals surface area contributed by atoms with Crippen molar-refractivity contribution in [3.63, 3.8) is 0 Å². The Morgan fingerprint density at radius 2 is 1.63 bits per heavy atom. The zero-order valence-electron chi connectivity index (χ0n) is 16.3. The molecule has 27 heavy (non-hydrogen) atoms. The van der Waals surface area contributed by atoms with Gasteiger partial charge in [-0.3, -0.25) is 14.9 Å². The highest BCUT2D eigenvalue weighted by atomic mass is 16.5. The lowest BCUT2D eigenvalue weighted by Gasteiger charge is -2.21. The van der Waals surface area contributed by atoms with Crippen LogP contribution >= 0.6 is 0 Å². The second-order valence-electron chi connectivity index (χ2n) is 6.79. The van der Waals surface area contributed by atoms with E-state index < -0.39 is 36.5 Å². The number of aryl methyl sites for hydroxylation is 1. The van der Waals surface area contributed by atoms with Gasteiger partial charge in [0.1, 0.15) is 6.04 Å². The highest BCUT2D eigenvalue weighted by Crippen LogP contribution is 2.10. The van der Waals surface area contributed by atoms with Gasteiger partial charge in [0, 0.05) is 11.6 Å². The number of nitrogens with one attached hydrogen (secondary N) is 3. The second-order valence-corrected chi connectivity index (χ2v) is 6.79. The number of carbonyl (C=O) groups is 4. The first-order chi connectivity index (χ1) is 12.6. The average Bonchev–Trinajstić information content (AvgIpc) is 2.56. The van der Waals surface area contributed by atoms with Gasteiger partial charge < -0.3 is 15.4 Å². The summed E-state index contributed by atoms with van der Waals surface area (Å²) in [6, 6.07) is 5.28. The lowest BCUT2D eigenvalue weighted by atomic mass is 10.0. The van der Waals surface area contributed by atoms with E-state index in [1.165, 1.54) is 0 Å². The maximum absolute atomic E-state index is 12.4. The van der Waals surface area contributed by atoms with Crippen molar-refractivity contribution in [1.82, 2.24) is 16.0 Å². The molecule has 0 aliphatic heterocycles. The molecule has 1 aromatic carbocycles. The van der Waals surface area contributed by atoms with Crippen molar-refractivity contribution in [1.29, 1.82) is 0 Å². The van der Waals surface area contributed by atoms with E-state index in [0.29, 0.717) is 5.56 Å². The minimum atomic E-state index is -0.922. The molecule has 0 spiro atoms. The van der Waals surface area contributed by atoms with Crippen molar-refractivity contribution in [3.8, 4) is 0 Å². The van der Waals surface area contributed by atoms with E-state index in [-0.39, 0.29) is 12.0 Å². The summed E-state index contributed by atoms with van der Waals surface area (Å²) in [5.74, 6) is -2.15. The number of amides is 4. The van der Waals surface area contributed by atoms with Crippen molar-refractivity contribution in [2.45, 2.75) is 46.7 Å². The van der Waals surface area contributed by atoms with E-state index in [4.69, 9.17) is 4.74 Å². The molecule has 0 bridgehead atoms. The maximum Gasteiger partial charge on any atom is 0.329 e. The van der Waals surface area contributed by atoms with Crippen molar-refractivity contribution in [2.75, 3.05) is 6.61 Å². The van der Waals surface area contributed by atoms with Gasteiger partial charge in [-0.2, -0.15) is 0 Å². The molecular weight excluding hydrogens is 350 g/mol. The summed E-state index contributed by atoms with van der Waals surface area (Å²) in [5, 5.41) is 7.18. The number of carbonyl (C=O) groups excluding carboxylic acids is 4. The molecule has 0 radical (unpaired) electrons. The van der Waals surface area contributed by atoms with E-state index in [1.54, 1.807) is 52.8 Å². The molecule has 0 saturated heterocycles. The van der Waals surface area contributed by atoms with Crippen LogP contribution in [-0.2, 0) is 14.3 Å². The second kappa shape index (κ2) is 10.3. The third-order valence-electron chi connectivity index (χ3n) is 3.62. The average molecular weight is 377 g/mol. The Balaban J connectivity index is 2.63. The van der Waals surface area contributed by atoms with Crippen LogP contribution in [-0.4, -0.2) is 42.5 Å². The zero-order valence-corrected chi connectivity index (χ0v) is 16.3. The minimum absolute atomic E-state index is 0.137. The Labute approximate surface area is 159 Å². The normalized spacial score (nSPS) is 11.7. The first-order valence-electron chi connectivity index (χ1n) is 8.75. The Hall–Kier alpha value is -2.90. The molecule has 4 amide bonds. The van der Waals surface area contributed by atoms with Gasteiger partial charge in [0.05, 0.1) is 0 Å². The predicted octanol–water partition coefficient (Wildman–Crippen LogP) is 1.53. The summed E-state index contributed by atoms with van der Waals surface area (Å²) in [5.41, 5.74) is 1.24. The van der Waals surface area contributed by atoms with Crippen LogP contribution < -0.4 is 16.0 Å². The summed E-state index contributed by atoms with van der Waals surface area (Å²) >= 11 is 0. The molecule has 0 aliphatic rings. The van der Waals surface area contributed by atoms with Gasteiger partial charge in [-0.1, -0.05) is 32.0 Å². The molecule has 0 aliphatic carbocycles. The number of rotatable bonds is 7. The number of imide groups is 1. The molecule has 8 nitrogen and oxygen atoms in total. The van der Waals surface area contributed by atoms with Crippen molar-refractivity contribution in [2.24, 2.45) is 5.92 Å². The highest BCUT2D eigenvalue weighted by Gasteiger charge is 2.27. The van der Waals surface area contributed by atoms with Gasteiger partial charge in [-0.15, -0.1) is 0 Å². The minimum Gasteiger partial charge on any atom is -0.454 e. The van der Waals surface area contributed by atoms with Gasteiger partial charge >= 0.3 is 12.0 Å². The number of benzene rings is 1. The van der Waals surface area contributed by atoms with Crippen LogP contribution in [0.3, 0.4) is 0 Å². The summed E-state index contributed by atoms with van der Waals surface area (Å²) in [6.45, 7) is 8.17. The van der Waals surface area contributed by atoms with E-state index in [9.17, 15) is 19.2 Å². The molecule has 0 heterocycles. The van der Waals surface area contributed by atoms with Crippen molar-refractivity contribution in [3.05, 3.63) is 35.4 Å². The summed E-state index contributed by atoms with van der Waals surface area (Å²) < 4.78 is 4.95. The van der Waals surface area contributed by atoms with Crippen LogP contribution in [0.15, 0.2) is 24.3 Å². The molecule has 0 fully saturated rings. The van der Waals surface area contributed by atoms with Crippen molar-refractivity contribution < 1.29 is 23.9 Å². The van der Waals surface area contributed by atoms with Crippen molar-refractivity contribution >= 4 is 23.8 Å². The Morgan fingerprint density at radius 1 is 1.00 bits per heavy atom. The van der Waals surface area contributed by atoms with E-state index in [1.807, 2.05) is 6.07 Å². The number of hydrogen-bond donors (Lipinski definition) is 3. The third kappa shape index (κ3) is 7.47. The van der Waals surface area contributed by atoms with Gasteiger partial charge in [-0.25, -0.2) is 9.59 Å². The van der Waals surface area contributed by atoms with Crippen LogP contribution in [0.1, 0.15) is 43.6 Å². The summed E-state index contributed by atoms with van der Waals surface area (Å²) in [7, 11) is 0. The molecule has 1 atom stereocenters. The SMILES string of the molecule is Cc1ccccc1C(=O)N[C@H](C(=O)OCC(=O)NC(=O)NC(C)C)C(C)C. The van der Waals surface area contributed by atoms with E-state index in [0.717, 1.165) is 5.56 Å². The monoisotopic (exact) mass is 377 g/mol. The molecule has 148 valence electrons. The van der Waals surface area contributed by atoms with Crippen LogP contribution in [0, 0.1) is 12.8 Å². The molecule has 3 N–H and O–H groups in total. The number of esters is 1. The van der Waals surface area contributed by atoms with Crippen LogP contribution in [0.25, 0.3) is 0 Å². The number of hydrogen-bond acceptors (Lipinski definition) is 5. The number of ether oxygens (including phenoxy) is 1. The third-order valence-corrected chi connectivity index (χ3v) is 3.62. The standard InChI is InChI=1S/C19H27N3O5/c1-11(2)16(22-17(24)14-9-7-6-8-13(14)5)18(25)27-10-15(23)21-19(26)20-12(3)4/h6-9,11-12,16H,10H2,1-5H3,(H,22,24)(H2,20,21,23,26)/t16-/m0/s1. The fourth-order valence-corrected chi connectivity index (χ4v) is 2.23. The maximum atomic E-state index is 12.4. The van der Waals surface area contributed by atoms with Crippen LogP contribution in [0.5, 0.6) is 0 Å². The van der Waals surface area contributed by atoms with Gasteiger partial charge in [0.25, 0.3) is 11.8 Å². The van der Waals surface area contributed by atoms with E-state index in [2.05, 4.69) is 16.0 Å². The largest absolute Gasteiger partial charge is 0.454 e. The molecule has 1 rings (SSSR count). The fourth-order valence-electron chi connectivity index (χ4n) is 2.23. The molecule has 1 aromatic rings.